The van der Waals surface area contributed by atoms with Crippen LogP contribution in [0.1, 0.15) is 31.0 Å². The predicted molar refractivity (Wildman–Crippen MR) is 107 cm³/mol. The summed E-state index contributed by atoms with van der Waals surface area (Å²) in [6.45, 7) is 3.55. The number of hydrogen-bond donors (Lipinski definition) is 2. The number of aromatic hydroxyl groups is 1. The third kappa shape index (κ3) is 3.34. The molecule has 0 unspecified atom stereocenters. The number of ether oxygens (including phenoxy) is 2. The Bertz CT molecular complexity index is 1160. The quantitative estimate of drug-likeness (QED) is 0.489. The van der Waals surface area contributed by atoms with Gasteiger partial charge in [0, 0.05) is 23.7 Å². The molecule has 9 nitrogen and oxygen atoms in total. The number of nitrogens with zero attached hydrogens (tertiary/aromatic N) is 2. The number of carbonyl (C=O) groups excluding carboxylic acids is 1. The van der Waals surface area contributed by atoms with Crippen LogP contribution in [0.25, 0.3) is 10.9 Å². The number of phenolic OH excluding ortho intramolecular Hbond substituents is 1. The first-order valence-corrected chi connectivity index (χ1v) is 9.31. The zero-order chi connectivity index (χ0) is 21.4. The van der Waals surface area contributed by atoms with Gasteiger partial charge in [-0.1, -0.05) is 19.9 Å². The summed E-state index contributed by atoms with van der Waals surface area (Å²) in [5.74, 6) is 0.202. The Kier molecular flexibility index (Phi) is 4.86. The number of nitro benzene ring substituents is 1. The number of fused-ring (bicyclic) bond motifs is 2. The highest BCUT2D eigenvalue weighted by molar-refractivity contribution is 5.94. The van der Waals surface area contributed by atoms with Crippen molar-refractivity contribution in [1.82, 2.24) is 10.3 Å². The van der Waals surface area contributed by atoms with Gasteiger partial charge in [0.25, 0.3) is 5.69 Å². The molecule has 0 spiro atoms. The molecule has 1 aliphatic rings. The summed E-state index contributed by atoms with van der Waals surface area (Å²) in [7, 11) is 0. The molecule has 30 heavy (non-hydrogen) atoms. The first-order chi connectivity index (χ1) is 14.4. The lowest BCUT2D eigenvalue weighted by atomic mass is 9.94. The van der Waals surface area contributed by atoms with Gasteiger partial charge >= 0.3 is 0 Å². The molecule has 1 aromatic heterocycles. The maximum absolute atomic E-state index is 12.5. The molecule has 2 N–H and O–H groups in total. The van der Waals surface area contributed by atoms with Crippen LogP contribution >= 0.6 is 0 Å². The van der Waals surface area contributed by atoms with Crippen LogP contribution in [-0.4, -0.2) is 27.7 Å². The monoisotopic (exact) mass is 409 g/mol. The van der Waals surface area contributed by atoms with E-state index >= 15 is 0 Å². The molecular weight excluding hydrogens is 390 g/mol. The van der Waals surface area contributed by atoms with E-state index in [0.29, 0.717) is 17.1 Å². The van der Waals surface area contributed by atoms with Crippen molar-refractivity contribution >= 4 is 22.5 Å². The first kappa shape index (κ1) is 19.4. The molecule has 0 bridgehead atoms. The minimum Gasteiger partial charge on any atom is -0.505 e. The van der Waals surface area contributed by atoms with E-state index in [1.165, 1.54) is 18.3 Å². The lowest BCUT2D eigenvalue weighted by Crippen LogP contribution is -2.32. The second kappa shape index (κ2) is 7.51. The molecule has 0 saturated carbocycles. The normalized spacial score (nSPS) is 13.4. The SMILES string of the molecule is CC(C)C(=O)N[C@@H](c1ccc2c(c1)OCO2)c1cc([N+](=O)[O-])c2cccnc2c1O. The van der Waals surface area contributed by atoms with Gasteiger partial charge in [-0.25, -0.2) is 0 Å². The number of rotatable bonds is 5. The predicted octanol–water partition coefficient (Wildman–Crippen LogP) is 3.44. The van der Waals surface area contributed by atoms with Gasteiger partial charge in [-0.15, -0.1) is 0 Å². The summed E-state index contributed by atoms with van der Waals surface area (Å²) in [5.41, 5.74) is 0.621. The lowest BCUT2D eigenvalue weighted by molar-refractivity contribution is -0.383. The molecule has 0 saturated heterocycles. The Balaban J connectivity index is 1.93. The highest BCUT2D eigenvalue weighted by atomic mass is 16.7. The molecule has 1 atom stereocenters. The molecule has 154 valence electrons. The zero-order valence-corrected chi connectivity index (χ0v) is 16.3. The third-order valence-electron chi connectivity index (χ3n) is 4.92. The van der Waals surface area contributed by atoms with Crippen molar-refractivity contribution in [1.29, 1.82) is 0 Å². The summed E-state index contributed by atoms with van der Waals surface area (Å²) in [6.07, 6.45) is 1.44. The maximum Gasteiger partial charge on any atom is 0.279 e. The Morgan fingerprint density at radius 3 is 2.73 bits per heavy atom. The van der Waals surface area contributed by atoms with Gasteiger partial charge < -0.3 is 19.9 Å². The summed E-state index contributed by atoms with van der Waals surface area (Å²) in [5, 5.41) is 25.7. The smallest absolute Gasteiger partial charge is 0.279 e. The van der Waals surface area contributed by atoms with E-state index in [2.05, 4.69) is 10.3 Å². The van der Waals surface area contributed by atoms with Crippen LogP contribution in [0.5, 0.6) is 17.2 Å². The molecule has 0 aliphatic carbocycles. The van der Waals surface area contributed by atoms with Gasteiger partial charge in [-0.2, -0.15) is 0 Å². The van der Waals surface area contributed by atoms with Gasteiger partial charge in [0.15, 0.2) is 11.5 Å². The summed E-state index contributed by atoms with van der Waals surface area (Å²) >= 11 is 0. The van der Waals surface area contributed by atoms with E-state index in [9.17, 15) is 20.0 Å². The number of benzene rings is 2. The van der Waals surface area contributed by atoms with E-state index < -0.39 is 11.0 Å². The fraction of sp³-hybridized carbons (Fsp3) is 0.238. The van der Waals surface area contributed by atoms with Crippen molar-refractivity contribution in [3.63, 3.8) is 0 Å². The van der Waals surface area contributed by atoms with Crippen LogP contribution in [0.15, 0.2) is 42.6 Å². The number of nitrogens with one attached hydrogen (secondary N) is 1. The van der Waals surface area contributed by atoms with Gasteiger partial charge in [-0.05, 0) is 29.8 Å². The minimum absolute atomic E-state index is 0.0818. The molecule has 1 aliphatic heterocycles. The Morgan fingerprint density at radius 2 is 2.00 bits per heavy atom. The molecule has 4 rings (SSSR count). The topological polar surface area (TPSA) is 124 Å². The maximum atomic E-state index is 12.5. The largest absolute Gasteiger partial charge is 0.505 e. The van der Waals surface area contributed by atoms with E-state index in [-0.39, 0.29) is 46.5 Å². The standard InChI is InChI=1S/C21H19N3O6/c1-11(2)21(26)23-18(12-5-6-16-17(8-12)30-10-29-16)14-9-15(24(27)28)13-4-3-7-22-19(13)20(14)25/h3-9,11,18,25H,10H2,1-2H3,(H,23,26)/t18-/m0/s1. The zero-order valence-electron chi connectivity index (χ0n) is 16.3. The number of aromatic nitrogens is 1. The first-order valence-electron chi connectivity index (χ1n) is 9.31. The highest BCUT2D eigenvalue weighted by Gasteiger charge is 2.28. The van der Waals surface area contributed by atoms with Crippen LogP contribution in [0.4, 0.5) is 5.69 Å². The van der Waals surface area contributed by atoms with Crippen molar-refractivity contribution in [3.05, 3.63) is 63.8 Å². The number of hydrogen-bond acceptors (Lipinski definition) is 7. The highest BCUT2D eigenvalue weighted by Crippen LogP contribution is 2.41. The van der Waals surface area contributed by atoms with Gasteiger partial charge in [-0.3, -0.25) is 19.9 Å². The number of amides is 1. The van der Waals surface area contributed by atoms with Crippen molar-refractivity contribution in [2.75, 3.05) is 6.79 Å². The molecule has 9 heteroatoms. The van der Waals surface area contributed by atoms with Crippen molar-refractivity contribution in [2.45, 2.75) is 19.9 Å². The second-order valence-electron chi connectivity index (χ2n) is 7.20. The molecule has 0 radical (unpaired) electrons. The number of non-ortho nitro benzene ring substituents is 1. The minimum atomic E-state index is -0.862. The number of phenols is 1. The number of pyridine rings is 1. The average molecular weight is 409 g/mol. The molecule has 1 amide bonds. The van der Waals surface area contributed by atoms with Gasteiger partial charge in [0.05, 0.1) is 16.4 Å². The van der Waals surface area contributed by atoms with Crippen molar-refractivity contribution < 1.29 is 24.3 Å². The van der Waals surface area contributed by atoms with E-state index in [1.807, 2.05) is 0 Å². The molecule has 2 heterocycles. The van der Waals surface area contributed by atoms with Crippen molar-refractivity contribution in [3.8, 4) is 17.2 Å². The fourth-order valence-electron chi connectivity index (χ4n) is 3.34. The third-order valence-corrected chi connectivity index (χ3v) is 4.92. The van der Waals surface area contributed by atoms with Crippen molar-refractivity contribution in [2.24, 2.45) is 5.92 Å². The van der Waals surface area contributed by atoms with E-state index in [4.69, 9.17) is 9.47 Å². The van der Waals surface area contributed by atoms with Crippen LogP contribution in [0.2, 0.25) is 0 Å². The molecule has 3 aromatic rings. The Hall–Kier alpha value is -3.88. The summed E-state index contributed by atoms with van der Waals surface area (Å²) in [4.78, 5) is 27.8. The van der Waals surface area contributed by atoms with E-state index in [1.54, 1.807) is 38.1 Å². The Labute approximate surface area is 171 Å². The van der Waals surface area contributed by atoms with E-state index in [0.717, 1.165) is 0 Å². The molecule has 0 fully saturated rings. The van der Waals surface area contributed by atoms with Crippen LogP contribution < -0.4 is 14.8 Å². The van der Waals surface area contributed by atoms with Crippen LogP contribution in [0, 0.1) is 16.0 Å². The summed E-state index contributed by atoms with van der Waals surface area (Å²) < 4.78 is 10.8. The number of nitro groups is 1. The lowest BCUT2D eigenvalue weighted by Gasteiger charge is -2.22. The average Bonchev–Trinajstić information content (AvgIpc) is 3.20. The number of carbonyl (C=O) groups is 1. The molecular formula is C21H19N3O6. The van der Waals surface area contributed by atoms with Crippen LogP contribution in [0.3, 0.4) is 0 Å². The second-order valence-corrected chi connectivity index (χ2v) is 7.20. The van der Waals surface area contributed by atoms with Gasteiger partial charge in [0.1, 0.15) is 11.3 Å². The van der Waals surface area contributed by atoms with Crippen LogP contribution in [-0.2, 0) is 4.79 Å². The molecule has 2 aromatic carbocycles. The Morgan fingerprint density at radius 1 is 1.23 bits per heavy atom. The summed E-state index contributed by atoms with van der Waals surface area (Å²) in [6, 6.07) is 8.58. The fourth-order valence-corrected chi connectivity index (χ4v) is 3.34. The van der Waals surface area contributed by atoms with Gasteiger partial charge in [0.2, 0.25) is 12.7 Å².